The number of hydrogen-bond donors (Lipinski definition) is 1. The van der Waals surface area contributed by atoms with Crippen LogP contribution in [0.3, 0.4) is 0 Å². The van der Waals surface area contributed by atoms with Crippen LogP contribution in [0.5, 0.6) is 0 Å². The second kappa shape index (κ2) is 6.94. The summed E-state index contributed by atoms with van der Waals surface area (Å²) in [5, 5.41) is 0. The number of nitrogens with two attached hydrogens (primary N) is 1. The van der Waals surface area contributed by atoms with Crippen molar-refractivity contribution in [3.63, 3.8) is 0 Å². The molecule has 0 unspecified atom stereocenters. The van der Waals surface area contributed by atoms with Crippen LogP contribution in [-0.2, 0) is 16.0 Å². The number of ether oxygens (including phenoxy) is 1. The van der Waals surface area contributed by atoms with Crippen molar-refractivity contribution >= 4 is 17.5 Å². The fourth-order valence-corrected chi connectivity index (χ4v) is 4.94. The monoisotopic (exact) mass is 370 g/mol. The van der Waals surface area contributed by atoms with Gasteiger partial charge in [-0.3, -0.25) is 14.0 Å². The lowest BCUT2D eigenvalue weighted by atomic mass is 9.89. The van der Waals surface area contributed by atoms with Crippen molar-refractivity contribution in [2.45, 2.75) is 52.4 Å². The molecule has 2 fully saturated rings. The first-order valence-corrected chi connectivity index (χ1v) is 9.72. The number of carbonyl (C=O) groups excluding carboxylic acids is 2. The van der Waals surface area contributed by atoms with E-state index in [1.807, 2.05) is 13.8 Å². The van der Waals surface area contributed by atoms with Crippen LogP contribution in [0.1, 0.15) is 59.5 Å². The molecule has 2 bridgehead atoms. The van der Waals surface area contributed by atoms with E-state index >= 15 is 0 Å². The molecule has 27 heavy (non-hydrogen) atoms. The standard InChI is InChI=1S/C20H26N4O3/c1-11-16(12(2)24-10-22-18(19(21)26)20(24)23-11)5-6-17(25)27-9-15-8-13-3-4-14(15)7-13/h10,13-15H,3-9H2,1-2H3,(H2,21,26)/t13-,14-,15-/m0/s1. The van der Waals surface area contributed by atoms with E-state index in [9.17, 15) is 9.59 Å². The van der Waals surface area contributed by atoms with Crippen molar-refractivity contribution in [1.82, 2.24) is 14.4 Å². The van der Waals surface area contributed by atoms with Gasteiger partial charge in [0.05, 0.1) is 6.61 Å². The molecule has 0 saturated heterocycles. The summed E-state index contributed by atoms with van der Waals surface area (Å²) in [5.41, 5.74) is 8.65. The van der Waals surface area contributed by atoms with Gasteiger partial charge in [-0.05, 0) is 62.8 Å². The summed E-state index contributed by atoms with van der Waals surface area (Å²) in [5.74, 6) is 1.44. The third-order valence-electron chi connectivity index (χ3n) is 6.41. The number of aryl methyl sites for hydroxylation is 2. The normalized spacial score (nSPS) is 23.9. The second-order valence-corrected chi connectivity index (χ2v) is 8.03. The number of amides is 1. The summed E-state index contributed by atoms with van der Waals surface area (Å²) >= 11 is 0. The van der Waals surface area contributed by atoms with Crippen molar-refractivity contribution in [2.24, 2.45) is 23.5 Å². The van der Waals surface area contributed by atoms with E-state index < -0.39 is 5.91 Å². The minimum atomic E-state index is -0.597. The molecule has 2 aromatic rings. The fraction of sp³-hybridized carbons (Fsp3) is 0.600. The number of carbonyl (C=O) groups is 2. The zero-order valence-corrected chi connectivity index (χ0v) is 15.9. The van der Waals surface area contributed by atoms with Crippen LogP contribution < -0.4 is 5.73 Å². The quantitative estimate of drug-likeness (QED) is 0.787. The van der Waals surface area contributed by atoms with Gasteiger partial charge in [0.1, 0.15) is 6.33 Å². The summed E-state index contributed by atoms with van der Waals surface area (Å²) in [7, 11) is 0. The molecule has 1 amide bonds. The van der Waals surface area contributed by atoms with Gasteiger partial charge in [-0.25, -0.2) is 9.97 Å². The number of fused-ring (bicyclic) bond motifs is 3. The molecule has 2 aliphatic carbocycles. The Morgan fingerprint density at radius 3 is 2.78 bits per heavy atom. The molecule has 0 spiro atoms. The van der Waals surface area contributed by atoms with Gasteiger partial charge >= 0.3 is 5.97 Å². The number of imidazole rings is 1. The maximum absolute atomic E-state index is 12.2. The Labute approximate surface area is 158 Å². The average Bonchev–Trinajstić information content (AvgIpc) is 3.34. The second-order valence-electron chi connectivity index (χ2n) is 8.03. The molecular formula is C20H26N4O3. The zero-order valence-electron chi connectivity index (χ0n) is 15.9. The molecule has 7 nitrogen and oxygen atoms in total. The highest BCUT2D eigenvalue weighted by Crippen LogP contribution is 2.48. The number of esters is 1. The molecule has 7 heteroatoms. The Morgan fingerprint density at radius 2 is 2.11 bits per heavy atom. The van der Waals surface area contributed by atoms with Crippen molar-refractivity contribution in [3.05, 3.63) is 29.0 Å². The van der Waals surface area contributed by atoms with E-state index in [0.717, 1.165) is 28.8 Å². The van der Waals surface area contributed by atoms with Crippen molar-refractivity contribution in [2.75, 3.05) is 6.61 Å². The highest BCUT2D eigenvalue weighted by atomic mass is 16.5. The molecule has 2 heterocycles. The topological polar surface area (TPSA) is 99.6 Å². The Morgan fingerprint density at radius 1 is 1.30 bits per heavy atom. The molecule has 0 radical (unpaired) electrons. The van der Waals surface area contributed by atoms with Crippen LogP contribution >= 0.6 is 0 Å². The zero-order chi connectivity index (χ0) is 19.1. The number of nitrogens with zero attached hydrogens (tertiary/aromatic N) is 3. The summed E-state index contributed by atoms with van der Waals surface area (Å²) in [4.78, 5) is 32.2. The van der Waals surface area contributed by atoms with Gasteiger partial charge in [0.25, 0.3) is 5.91 Å². The molecule has 144 valence electrons. The third kappa shape index (κ3) is 3.31. The highest BCUT2D eigenvalue weighted by Gasteiger charge is 2.39. The predicted molar refractivity (Wildman–Crippen MR) is 99.2 cm³/mol. The minimum Gasteiger partial charge on any atom is -0.465 e. The van der Waals surface area contributed by atoms with Gasteiger partial charge < -0.3 is 10.5 Å². The SMILES string of the molecule is Cc1nc2c(C(N)=O)ncn2c(C)c1CCC(=O)OC[C@@H]1C[C@H]2CC[C@H]1C2. The number of hydrogen-bond acceptors (Lipinski definition) is 5. The molecule has 3 atom stereocenters. The highest BCUT2D eigenvalue weighted by molar-refractivity contribution is 5.96. The maximum atomic E-state index is 12.2. The molecule has 0 aromatic carbocycles. The van der Waals surface area contributed by atoms with Gasteiger partial charge in [0.2, 0.25) is 0 Å². The van der Waals surface area contributed by atoms with Gasteiger partial charge in [-0.15, -0.1) is 0 Å². The van der Waals surface area contributed by atoms with Gasteiger partial charge in [0.15, 0.2) is 11.3 Å². The van der Waals surface area contributed by atoms with Crippen LogP contribution in [-0.4, -0.2) is 32.9 Å². The molecule has 2 N–H and O–H groups in total. The van der Waals surface area contributed by atoms with Crippen LogP contribution in [0.2, 0.25) is 0 Å². The van der Waals surface area contributed by atoms with E-state index in [4.69, 9.17) is 10.5 Å². The number of aromatic nitrogens is 3. The minimum absolute atomic E-state index is 0.153. The Hall–Kier alpha value is -2.44. The number of primary amides is 1. The first kappa shape index (κ1) is 17.9. The van der Waals surface area contributed by atoms with E-state index in [1.54, 1.807) is 10.7 Å². The lowest BCUT2D eigenvalue weighted by Crippen LogP contribution is -2.19. The molecule has 2 aromatic heterocycles. The molecule has 2 aliphatic rings. The summed E-state index contributed by atoms with van der Waals surface area (Å²) in [6, 6.07) is 0. The first-order valence-electron chi connectivity index (χ1n) is 9.72. The van der Waals surface area contributed by atoms with Gasteiger partial charge in [0, 0.05) is 17.8 Å². The van der Waals surface area contributed by atoms with Crippen LogP contribution in [0.4, 0.5) is 0 Å². The Bertz CT molecular complexity index is 904. The average molecular weight is 370 g/mol. The third-order valence-corrected chi connectivity index (χ3v) is 6.41. The van der Waals surface area contributed by atoms with Crippen molar-refractivity contribution in [3.8, 4) is 0 Å². The number of rotatable bonds is 6. The van der Waals surface area contributed by atoms with E-state index in [-0.39, 0.29) is 11.7 Å². The lowest BCUT2D eigenvalue weighted by Gasteiger charge is -2.21. The fourth-order valence-electron chi connectivity index (χ4n) is 4.94. The lowest BCUT2D eigenvalue weighted by molar-refractivity contribution is -0.145. The van der Waals surface area contributed by atoms with Gasteiger partial charge in [-0.1, -0.05) is 6.42 Å². The Kier molecular flexibility index (Phi) is 4.61. The predicted octanol–water partition coefficient (Wildman–Crippen LogP) is 2.36. The summed E-state index contributed by atoms with van der Waals surface area (Å²) < 4.78 is 7.32. The maximum Gasteiger partial charge on any atom is 0.306 e. The first-order chi connectivity index (χ1) is 12.9. The molecule has 4 rings (SSSR count). The molecule has 2 saturated carbocycles. The van der Waals surface area contributed by atoms with Crippen molar-refractivity contribution in [1.29, 1.82) is 0 Å². The molecular weight excluding hydrogens is 344 g/mol. The smallest absolute Gasteiger partial charge is 0.306 e. The van der Waals surface area contributed by atoms with E-state index in [2.05, 4.69) is 9.97 Å². The largest absolute Gasteiger partial charge is 0.465 e. The van der Waals surface area contributed by atoms with Crippen LogP contribution in [0.15, 0.2) is 6.33 Å². The molecule has 0 aliphatic heterocycles. The summed E-state index contributed by atoms with van der Waals surface area (Å²) in [6.07, 6.45) is 7.63. The van der Waals surface area contributed by atoms with Crippen molar-refractivity contribution < 1.29 is 14.3 Å². The van der Waals surface area contributed by atoms with Crippen LogP contribution in [0, 0.1) is 31.6 Å². The van der Waals surface area contributed by atoms with E-state index in [0.29, 0.717) is 31.0 Å². The van der Waals surface area contributed by atoms with Crippen LogP contribution in [0.25, 0.3) is 5.65 Å². The van der Waals surface area contributed by atoms with Gasteiger partial charge in [-0.2, -0.15) is 0 Å². The van der Waals surface area contributed by atoms with E-state index in [1.165, 1.54) is 25.7 Å². The summed E-state index contributed by atoms with van der Waals surface area (Å²) in [6.45, 7) is 4.38. The Balaban J connectivity index is 1.39.